The Morgan fingerprint density at radius 1 is 1.27 bits per heavy atom. The van der Waals surface area contributed by atoms with E-state index in [1.807, 2.05) is 0 Å². The summed E-state index contributed by atoms with van der Waals surface area (Å²) in [7, 11) is 0. The number of fused-ring (bicyclic) bond motifs is 1. The van der Waals surface area contributed by atoms with Crippen molar-refractivity contribution in [2.24, 2.45) is 0 Å². The minimum atomic E-state index is -1.33. The van der Waals surface area contributed by atoms with Gasteiger partial charge in [0.15, 0.2) is 11.6 Å². The molecule has 2 aromatic carbocycles. The highest BCUT2D eigenvalue weighted by molar-refractivity contribution is 7.23. The van der Waals surface area contributed by atoms with Crippen molar-refractivity contribution in [3.05, 3.63) is 63.7 Å². The van der Waals surface area contributed by atoms with E-state index in [4.69, 9.17) is 4.74 Å². The Morgan fingerprint density at radius 2 is 1.96 bits per heavy atom. The largest absolute Gasteiger partial charge is 0.462 e. The van der Waals surface area contributed by atoms with Crippen LogP contribution in [0, 0.1) is 21.7 Å². The quantitative estimate of drug-likeness (QED) is 0.383. The topological polar surface area (TPSA) is 81.5 Å². The Labute approximate surface area is 150 Å². The zero-order valence-electron chi connectivity index (χ0n) is 13.4. The maximum absolute atomic E-state index is 13.6. The summed E-state index contributed by atoms with van der Waals surface area (Å²) in [4.78, 5) is 22.7. The normalized spacial score (nSPS) is 10.7. The summed E-state index contributed by atoms with van der Waals surface area (Å²) in [6.07, 6.45) is 0. The van der Waals surface area contributed by atoms with Gasteiger partial charge in [0.2, 0.25) is 0 Å². The Morgan fingerprint density at radius 3 is 2.65 bits per heavy atom. The summed E-state index contributed by atoms with van der Waals surface area (Å²) in [6.45, 7) is 1.80. The molecule has 3 aromatic rings. The molecule has 0 unspecified atom stereocenters. The van der Waals surface area contributed by atoms with Gasteiger partial charge in [-0.15, -0.1) is 11.3 Å². The van der Waals surface area contributed by atoms with Gasteiger partial charge in [-0.05, 0) is 13.0 Å². The fourth-order valence-electron chi connectivity index (χ4n) is 2.45. The lowest BCUT2D eigenvalue weighted by Gasteiger charge is -2.08. The van der Waals surface area contributed by atoms with Crippen molar-refractivity contribution in [3.8, 4) is 0 Å². The smallest absolute Gasteiger partial charge is 0.341 e. The third-order valence-corrected chi connectivity index (χ3v) is 4.64. The monoisotopic (exact) mass is 378 g/mol. The van der Waals surface area contributed by atoms with Gasteiger partial charge in [0.05, 0.1) is 17.6 Å². The molecule has 0 aliphatic carbocycles. The fraction of sp³-hybridized carbons (Fsp3) is 0.118. The van der Waals surface area contributed by atoms with Crippen LogP contribution in [0.1, 0.15) is 17.3 Å². The zero-order valence-corrected chi connectivity index (χ0v) is 14.2. The van der Waals surface area contributed by atoms with Crippen LogP contribution < -0.4 is 5.32 Å². The van der Waals surface area contributed by atoms with E-state index in [1.165, 1.54) is 0 Å². The van der Waals surface area contributed by atoms with Gasteiger partial charge >= 0.3 is 5.97 Å². The van der Waals surface area contributed by atoms with Gasteiger partial charge in [0.25, 0.3) is 5.69 Å². The second-order valence-electron chi connectivity index (χ2n) is 5.19. The number of nitro groups is 1. The number of halogens is 2. The molecular weight excluding hydrogens is 366 g/mol. The number of nitrogens with zero attached hydrogens (tertiary/aromatic N) is 1. The van der Waals surface area contributed by atoms with Crippen LogP contribution in [0.15, 0.2) is 36.4 Å². The van der Waals surface area contributed by atoms with Crippen molar-refractivity contribution >= 4 is 43.8 Å². The third-order valence-electron chi connectivity index (χ3n) is 3.56. The first-order valence-corrected chi connectivity index (χ1v) is 8.33. The van der Waals surface area contributed by atoms with E-state index in [0.717, 1.165) is 16.0 Å². The molecule has 0 amide bonds. The Hall–Kier alpha value is -3.07. The standard InChI is InChI=1S/C17H12F2N2O4S/c1-2-25-17(22)15-9-5-3-4-6-14(9)26-16(15)20-12-7-10(18)11(19)8-13(12)21(23)24/h3-8,20H,2H2,1H3. The van der Waals surface area contributed by atoms with Crippen LogP contribution in [0.3, 0.4) is 0 Å². The fourth-order valence-corrected chi connectivity index (χ4v) is 3.55. The van der Waals surface area contributed by atoms with E-state index in [9.17, 15) is 23.7 Å². The second kappa shape index (κ2) is 7.04. The van der Waals surface area contributed by atoms with Crippen LogP contribution >= 0.6 is 11.3 Å². The summed E-state index contributed by atoms with van der Waals surface area (Å²) in [5, 5.41) is 14.7. The highest BCUT2D eigenvalue weighted by Crippen LogP contribution is 2.40. The second-order valence-corrected chi connectivity index (χ2v) is 6.24. The van der Waals surface area contributed by atoms with Gasteiger partial charge in [-0.1, -0.05) is 18.2 Å². The molecule has 6 nitrogen and oxygen atoms in total. The minimum absolute atomic E-state index is 0.147. The predicted molar refractivity (Wildman–Crippen MR) is 94.1 cm³/mol. The highest BCUT2D eigenvalue weighted by Gasteiger charge is 2.24. The molecule has 134 valence electrons. The lowest BCUT2D eigenvalue weighted by Crippen LogP contribution is -2.07. The molecule has 0 saturated heterocycles. The van der Waals surface area contributed by atoms with Crippen molar-refractivity contribution in [1.29, 1.82) is 0 Å². The molecule has 9 heteroatoms. The van der Waals surface area contributed by atoms with Gasteiger partial charge in [-0.2, -0.15) is 0 Å². The number of hydrogen-bond acceptors (Lipinski definition) is 6. The summed E-state index contributed by atoms with van der Waals surface area (Å²) in [5.74, 6) is -3.18. The number of esters is 1. The van der Waals surface area contributed by atoms with Gasteiger partial charge in [0.1, 0.15) is 16.3 Å². The van der Waals surface area contributed by atoms with Crippen molar-refractivity contribution in [2.45, 2.75) is 6.92 Å². The van der Waals surface area contributed by atoms with Gasteiger partial charge in [-0.25, -0.2) is 13.6 Å². The maximum Gasteiger partial charge on any atom is 0.341 e. The van der Waals surface area contributed by atoms with E-state index in [0.29, 0.717) is 17.5 Å². The van der Waals surface area contributed by atoms with Crippen molar-refractivity contribution in [1.82, 2.24) is 0 Å². The molecule has 1 N–H and O–H groups in total. The van der Waals surface area contributed by atoms with Crippen LogP contribution in [0.5, 0.6) is 0 Å². The molecule has 1 aromatic heterocycles. The molecule has 0 aliphatic heterocycles. The van der Waals surface area contributed by atoms with E-state index in [1.54, 1.807) is 31.2 Å². The number of rotatable bonds is 5. The van der Waals surface area contributed by atoms with Gasteiger partial charge in [0, 0.05) is 16.2 Å². The summed E-state index contributed by atoms with van der Waals surface area (Å²) >= 11 is 1.15. The van der Waals surface area contributed by atoms with Crippen LogP contribution in [0.25, 0.3) is 10.1 Å². The molecule has 26 heavy (non-hydrogen) atoms. The molecule has 0 bridgehead atoms. The SMILES string of the molecule is CCOC(=O)c1c(Nc2cc(F)c(F)cc2[N+](=O)[O-])sc2ccccc12. The first kappa shape index (κ1) is 17.7. The first-order chi connectivity index (χ1) is 12.4. The number of benzene rings is 2. The van der Waals surface area contributed by atoms with Gasteiger partial charge < -0.3 is 10.1 Å². The number of thiophene rings is 1. The van der Waals surface area contributed by atoms with Crippen molar-refractivity contribution in [3.63, 3.8) is 0 Å². The average molecular weight is 378 g/mol. The maximum atomic E-state index is 13.6. The van der Waals surface area contributed by atoms with Gasteiger partial charge in [-0.3, -0.25) is 10.1 Å². The first-order valence-electron chi connectivity index (χ1n) is 7.51. The van der Waals surface area contributed by atoms with Crippen LogP contribution in [-0.4, -0.2) is 17.5 Å². The van der Waals surface area contributed by atoms with Crippen LogP contribution in [0.2, 0.25) is 0 Å². The molecule has 0 aliphatic rings. The Balaban J connectivity index is 2.15. The summed E-state index contributed by atoms with van der Waals surface area (Å²) in [6, 6.07) is 8.18. The summed E-state index contributed by atoms with van der Waals surface area (Å²) in [5.41, 5.74) is -0.714. The van der Waals surface area contributed by atoms with Crippen LogP contribution in [0.4, 0.5) is 25.2 Å². The average Bonchev–Trinajstić information content (AvgIpc) is 2.95. The van der Waals surface area contributed by atoms with E-state index in [2.05, 4.69) is 5.32 Å². The number of carbonyl (C=O) groups is 1. The van der Waals surface area contributed by atoms with Crippen molar-refractivity contribution in [2.75, 3.05) is 11.9 Å². The molecule has 0 saturated carbocycles. The number of ether oxygens (including phenoxy) is 1. The third kappa shape index (κ3) is 3.21. The van der Waals surface area contributed by atoms with E-state index < -0.39 is 28.2 Å². The Bertz CT molecular complexity index is 1020. The number of nitrogens with one attached hydrogen (secondary N) is 1. The molecule has 0 fully saturated rings. The number of nitro benzene ring substituents is 1. The predicted octanol–water partition coefficient (Wildman–Crippen LogP) is 5.01. The minimum Gasteiger partial charge on any atom is -0.462 e. The molecule has 0 atom stereocenters. The Kier molecular flexibility index (Phi) is 4.81. The molecule has 0 radical (unpaired) electrons. The zero-order chi connectivity index (χ0) is 18.8. The van der Waals surface area contributed by atoms with Crippen molar-refractivity contribution < 1.29 is 23.2 Å². The number of anilines is 2. The summed E-state index contributed by atoms with van der Waals surface area (Å²) < 4.78 is 32.7. The highest BCUT2D eigenvalue weighted by atomic mass is 32.1. The number of carbonyl (C=O) groups excluding carboxylic acids is 1. The molecule has 1 heterocycles. The number of hydrogen-bond donors (Lipinski definition) is 1. The molecule has 0 spiro atoms. The lowest BCUT2D eigenvalue weighted by atomic mass is 10.1. The molecule has 3 rings (SSSR count). The van der Waals surface area contributed by atoms with E-state index >= 15 is 0 Å². The molecular formula is C17H12F2N2O4S. The van der Waals surface area contributed by atoms with Crippen LogP contribution in [-0.2, 0) is 4.74 Å². The van der Waals surface area contributed by atoms with E-state index in [-0.39, 0.29) is 22.9 Å². The lowest BCUT2D eigenvalue weighted by molar-refractivity contribution is -0.384.